The monoisotopic (exact) mass is 313 g/mol. The van der Waals surface area contributed by atoms with Crippen molar-refractivity contribution in [2.45, 2.75) is 39.3 Å². The van der Waals surface area contributed by atoms with E-state index in [1.54, 1.807) is 11.8 Å². The Morgan fingerprint density at radius 3 is 2.28 bits per heavy atom. The Labute approximate surface area is 117 Å². The first-order chi connectivity index (χ1) is 8.40. The van der Waals surface area contributed by atoms with Crippen LogP contribution in [0.1, 0.15) is 26.3 Å². The molecule has 0 saturated carbocycles. The summed E-state index contributed by atoms with van der Waals surface area (Å²) in [6.07, 6.45) is -0.126. The van der Waals surface area contributed by atoms with Crippen molar-refractivity contribution in [3.63, 3.8) is 0 Å². The van der Waals surface area contributed by atoms with Crippen LogP contribution in [0.3, 0.4) is 0 Å². The zero-order chi connectivity index (χ0) is 13.7. The minimum Gasteiger partial charge on any atom is -0.392 e. The Hall–Kier alpha value is -0.870. The maximum absolute atomic E-state index is 12.2. The van der Waals surface area contributed by atoms with Gasteiger partial charge in [-0.1, -0.05) is 28.1 Å². The quantitative estimate of drug-likeness (QED) is 0.907. The number of halogens is 1. The van der Waals surface area contributed by atoms with Gasteiger partial charge in [0.25, 0.3) is 0 Å². The van der Waals surface area contributed by atoms with Crippen molar-refractivity contribution in [2.24, 2.45) is 0 Å². The van der Waals surface area contributed by atoms with Crippen LogP contribution in [-0.2, 0) is 11.2 Å². The molecular weight excluding hydrogens is 294 g/mol. The Bertz CT molecular complexity index is 387. The molecule has 1 N–H and O–H groups in total. The fraction of sp³-hybridized carbons (Fsp3) is 0.500. The highest BCUT2D eigenvalue weighted by atomic mass is 79.9. The molecule has 1 unspecified atom stereocenters. The van der Waals surface area contributed by atoms with Crippen molar-refractivity contribution in [1.29, 1.82) is 0 Å². The molecule has 0 saturated heterocycles. The van der Waals surface area contributed by atoms with Gasteiger partial charge in [0, 0.05) is 17.1 Å². The van der Waals surface area contributed by atoms with Gasteiger partial charge in [-0.2, -0.15) is 0 Å². The van der Waals surface area contributed by atoms with E-state index in [0.717, 1.165) is 10.0 Å². The highest BCUT2D eigenvalue weighted by Gasteiger charge is 2.18. The smallest absolute Gasteiger partial charge is 0.227 e. The van der Waals surface area contributed by atoms with Crippen molar-refractivity contribution in [3.8, 4) is 0 Å². The van der Waals surface area contributed by atoms with Gasteiger partial charge in [0.1, 0.15) is 0 Å². The number of hydrogen-bond donors (Lipinski definition) is 1. The molecule has 0 aliphatic carbocycles. The molecule has 0 spiro atoms. The lowest BCUT2D eigenvalue weighted by Gasteiger charge is -2.28. The van der Waals surface area contributed by atoms with Crippen LogP contribution in [0, 0.1) is 0 Å². The molecule has 1 atom stereocenters. The summed E-state index contributed by atoms with van der Waals surface area (Å²) in [5, 5.41) is 9.42. The van der Waals surface area contributed by atoms with Crippen molar-refractivity contribution in [3.05, 3.63) is 34.3 Å². The average molecular weight is 314 g/mol. The van der Waals surface area contributed by atoms with E-state index < -0.39 is 6.10 Å². The molecule has 1 rings (SSSR count). The second-order valence-corrected chi connectivity index (χ2v) is 5.71. The van der Waals surface area contributed by atoms with E-state index in [1.165, 1.54) is 0 Å². The summed E-state index contributed by atoms with van der Waals surface area (Å²) in [6.45, 7) is 6.00. The Morgan fingerprint density at radius 1 is 1.28 bits per heavy atom. The molecular formula is C14H20BrNO2. The SMILES string of the molecule is CC(O)CN(C(=O)Cc1ccc(Br)cc1)C(C)C. The summed E-state index contributed by atoms with van der Waals surface area (Å²) >= 11 is 3.37. The number of rotatable bonds is 5. The van der Waals surface area contributed by atoms with Crippen molar-refractivity contribution in [1.82, 2.24) is 4.90 Å². The molecule has 0 aliphatic heterocycles. The minimum atomic E-state index is -0.499. The van der Waals surface area contributed by atoms with E-state index in [1.807, 2.05) is 38.1 Å². The van der Waals surface area contributed by atoms with Crippen LogP contribution in [0.15, 0.2) is 28.7 Å². The molecule has 1 aromatic carbocycles. The van der Waals surface area contributed by atoms with Gasteiger partial charge in [-0.25, -0.2) is 0 Å². The first-order valence-electron chi connectivity index (χ1n) is 6.12. The van der Waals surface area contributed by atoms with E-state index in [9.17, 15) is 9.90 Å². The number of aliphatic hydroxyl groups is 1. The normalized spacial score (nSPS) is 12.6. The van der Waals surface area contributed by atoms with E-state index in [0.29, 0.717) is 13.0 Å². The summed E-state index contributed by atoms with van der Waals surface area (Å²) in [6, 6.07) is 7.82. The van der Waals surface area contributed by atoms with Gasteiger partial charge in [0.2, 0.25) is 5.91 Å². The first-order valence-corrected chi connectivity index (χ1v) is 6.91. The van der Waals surface area contributed by atoms with Gasteiger partial charge in [-0.3, -0.25) is 4.79 Å². The Balaban J connectivity index is 2.69. The van der Waals surface area contributed by atoms with Gasteiger partial charge in [0.15, 0.2) is 0 Å². The van der Waals surface area contributed by atoms with Gasteiger partial charge in [-0.05, 0) is 38.5 Å². The van der Waals surface area contributed by atoms with E-state index in [2.05, 4.69) is 15.9 Å². The summed E-state index contributed by atoms with van der Waals surface area (Å²) < 4.78 is 1.00. The topological polar surface area (TPSA) is 40.5 Å². The largest absolute Gasteiger partial charge is 0.392 e. The van der Waals surface area contributed by atoms with Crippen molar-refractivity contribution in [2.75, 3.05) is 6.54 Å². The highest BCUT2D eigenvalue weighted by Crippen LogP contribution is 2.12. The van der Waals surface area contributed by atoms with Gasteiger partial charge < -0.3 is 10.0 Å². The van der Waals surface area contributed by atoms with Gasteiger partial charge in [0.05, 0.1) is 12.5 Å². The fourth-order valence-electron chi connectivity index (χ4n) is 1.76. The average Bonchev–Trinajstić information content (AvgIpc) is 2.28. The highest BCUT2D eigenvalue weighted by molar-refractivity contribution is 9.10. The molecule has 0 bridgehead atoms. The number of amides is 1. The van der Waals surface area contributed by atoms with Crippen LogP contribution in [0.25, 0.3) is 0 Å². The second kappa shape index (κ2) is 6.90. The maximum atomic E-state index is 12.2. The summed E-state index contributed by atoms with van der Waals surface area (Å²) in [5.74, 6) is 0.0493. The zero-order valence-corrected chi connectivity index (χ0v) is 12.6. The van der Waals surface area contributed by atoms with Crippen molar-refractivity contribution >= 4 is 21.8 Å². The lowest BCUT2D eigenvalue weighted by molar-refractivity contribution is -0.133. The van der Waals surface area contributed by atoms with E-state index >= 15 is 0 Å². The van der Waals surface area contributed by atoms with Gasteiger partial charge in [-0.15, -0.1) is 0 Å². The lowest BCUT2D eigenvalue weighted by Crippen LogP contribution is -2.42. The first kappa shape index (κ1) is 15.2. The van der Waals surface area contributed by atoms with Crippen LogP contribution >= 0.6 is 15.9 Å². The van der Waals surface area contributed by atoms with Crippen LogP contribution < -0.4 is 0 Å². The van der Waals surface area contributed by atoms with Crippen LogP contribution in [0.2, 0.25) is 0 Å². The molecule has 1 amide bonds. The third kappa shape index (κ3) is 4.78. The molecule has 100 valence electrons. The number of benzene rings is 1. The zero-order valence-electron chi connectivity index (χ0n) is 11.1. The standard InChI is InChI=1S/C14H20BrNO2/c1-10(2)16(9-11(3)17)14(18)8-12-4-6-13(15)7-5-12/h4-7,10-11,17H,8-9H2,1-3H3. The number of nitrogens with zero attached hydrogens (tertiary/aromatic N) is 1. The third-order valence-corrected chi connectivity index (χ3v) is 3.20. The molecule has 0 radical (unpaired) electrons. The predicted molar refractivity (Wildman–Crippen MR) is 76.4 cm³/mol. The summed E-state index contributed by atoms with van der Waals surface area (Å²) in [7, 11) is 0. The second-order valence-electron chi connectivity index (χ2n) is 4.79. The van der Waals surface area contributed by atoms with Crippen LogP contribution in [0.5, 0.6) is 0 Å². The fourth-order valence-corrected chi connectivity index (χ4v) is 2.03. The molecule has 0 aliphatic rings. The Morgan fingerprint density at radius 2 is 1.83 bits per heavy atom. The third-order valence-electron chi connectivity index (χ3n) is 2.67. The molecule has 3 nitrogen and oxygen atoms in total. The lowest BCUT2D eigenvalue weighted by atomic mass is 10.1. The van der Waals surface area contributed by atoms with Crippen LogP contribution in [0.4, 0.5) is 0 Å². The molecule has 0 heterocycles. The molecule has 18 heavy (non-hydrogen) atoms. The number of hydrogen-bond acceptors (Lipinski definition) is 2. The minimum absolute atomic E-state index is 0.0493. The van der Waals surface area contributed by atoms with E-state index in [4.69, 9.17) is 0 Å². The molecule has 1 aromatic rings. The maximum Gasteiger partial charge on any atom is 0.227 e. The molecule has 4 heteroatoms. The Kier molecular flexibility index (Phi) is 5.82. The summed E-state index contributed by atoms with van der Waals surface area (Å²) in [4.78, 5) is 13.9. The van der Waals surface area contributed by atoms with Crippen molar-refractivity contribution < 1.29 is 9.90 Å². The number of carbonyl (C=O) groups is 1. The van der Waals surface area contributed by atoms with Gasteiger partial charge >= 0.3 is 0 Å². The number of aliphatic hydroxyl groups excluding tert-OH is 1. The number of carbonyl (C=O) groups excluding carboxylic acids is 1. The molecule has 0 aromatic heterocycles. The van der Waals surface area contributed by atoms with E-state index in [-0.39, 0.29) is 11.9 Å². The molecule has 0 fully saturated rings. The predicted octanol–water partition coefficient (Wildman–Crippen LogP) is 2.61. The van der Waals surface area contributed by atoms with Crippen LogP contribution in [-0.4, -0.2) is 34.6 Å². The summed E-state index contributed by atoms with van der Waals surface area (Å²) in [5.41, 5.74) is 0.986.